The molecule has 0 bridgehead atoms. The average molecular weight is 289 g/mol. The van der Waals surface area contributed by atoms with Crippen LogP contribution in [0.4, 0.5) is 5.69 Å². The quantitative estimate of drug-likeness (QED) is 0.843. The van der Waals surface area contributed by atoms with E-state index in [1.807, 2.05) is 23.7 Å². The molecule has 0 fully saturated rings. The fourth-order valence-electron chi connectivity index (χ4n) is 2.21. The summed E-state index contributed by atoms with van der Waals surface area (Å²) in [7, 11) is 0. The molecule has 0 radical (unpaired) electrons. The zero-order valence-corrected chi connectivity index (χ0v) is 13.3. The first-order valence-electron chi connectivity index (χ1n) is 7.15. The first-order valence-corrected chi connectivity index (χ1v) is 8.03. The molecular formula is C16H23N3S. The smallest absolute Gasteiger partial charge is 0.0525 e. The lowest BCUT2D eigenvalue weighted by molar-refractivity contribution is 0.669. The van der Waals surface area contributed by atoms with Gasteiger partial charge in [0.15, 0.2) is 0 Å². The molecule has 0 saturated heterocycles. The van der Waals surface area contributed by atoms with E-state index in [1.165, 1.54) is 16.1 Å². The van der Waals surface area contributed by atoms with E-state index in [0.29, 0.717) is 6.04 Å². The zero-order valence-electron chi connectivity index (χ0n) is 12.5. The van der Waals surface area contributed by atoms with Gasteiger partial charge < -0.3 is 10.2 Å². The van der Waals surface area contributed by atoms with Crippen molar-refractivity contribution in [2.24, 2.45) is 0 Å². The molecule has 108 valence electrons. The molecule has 4 heteroatoms. The van der Waals surface area contributed by atoms with Crippen molar-refractivity contribution in [1.82, 2.24) is 10.3 Å². The number of pyridine rings is 1. The van der Waals surface area contributed by atoms with E-state index in [9.17, 15) is 0 Å². The molecule has 0 amide bonds. The number of nitrogens with one attached hydrogen (secondary N) is 1. The largest absolute Gasteiger partial charge is 0.364 e. The van der Waals surface area contributed by atoms with E-state index in [4.69, 9.17) is 0 Å². The number of aromatic nitrogens is 1. The second-order valence-electron chi connectivity index (χ2n) is 5.09. The summed E-state index contributed by atoms with van der Waals surface area (Å²) in [6, 6.07) is 6.90. The van der Waals surface area contributed by atoms with Gasteiger partial charge in [0.05, 0.1) is 6.54 Å². The minimum Gasteiger partial charge on any atom is -0.364 e. The van der Waals surface area contributed by atoms with Crippen molar-refractivity contribution in [2.75, 3.05) is 11.4 Å². The maximum Gasteiger partial charge on any atom is 0.0525 e. The Morgan fingerprint density at radius 2 is 2.20 bits per heavy atom. The molecule has 0 saturated carbocycles. The van der Waals surface area contributed by atoms with Crippen LogP contribution in [0.2, 0.25) is 0 Å². The second-order valence-corrected chi connectivity index (χ2v) is 6.12. The Labute approximate surface area is 125 Å². The van der Waals surface area contributed by atoms with Crippen LogP contribution in [0.1, 0.15) is 31.2 Å². The van der Waals surface area contributed by atoms with Crippen LogP contribution in [0.5, 0.6) is 0 Å². The molecule has 0 unspecified atom stereocenters. The summed E-state index contributed by atoms with van der Waals surface area (Å²) in [6.45, 7) is 9.41. The lowest BCUT2D eigenvalue weighted by Gasteiger charge is -2.30. The fourth-order valence-corrected chi connectivity index (χ4v) is 2.91. The third-order valence-corrected chi connectivity index (χ3v) is 4.14. The van der Waals surface area contributed by atoms with Gasteiger partial charge in [0.2, 0.25) is 0 Å². The molecule has 2 aromatic heterocycles. The number of thiophene rings is 1. The molecule has 20 heavy (non-hydrogen) atoms. The number of nitrogens with zero attached hydrogens (tertiary/aromatic N) is 2. The molecule has 2 heterocycles. The third-order valence-electron chi connectivity index (χ3n) is 3.28. The van der Waals surface area contributed by atoms with E-state index in [2.05, 4.69) is 59.6 Å². The Morgan fingerprint density at radius 3 is 2.85 bits per heavy atom. The highest BCUT2D eigenvalue weighted by Crippen LogP contribution is 2.25. The molecule has 0 aliphatic rings. The molecule has 0 aliphatic heterocycles. The Balaban J connectivity index is 2.24. The highest BCUT2D eigenvalue weighted by Gasteiger charge is 2.15. The molecule has 2 aromatic rings. The summed E-state index contributed by atoms with van der Waals surface area (Å²) in [5.74, 6) is 0. The minimum atomic E-state index is 0.458. The van der Waals surface area contributed by atoms with Crippen LogP contribution in [0.15, 0.2) is 36.0 Å². The summed E-state index contributed by atoms with van der Waals surface area (Å²) >= 11 is 1.81. The molecule has 1 N–H and O–H groups in total. The first-order chi connectivity index (χ1) is 9.72. The van der Waals surface area contributed by atoms with E-state index >= 15 is 0 Å². The van der Waals surface area contributed by atoms with Crippen LogP contribution in [0, 0.1) is 0 Å². The molecule has 0 aliphatic carbocycles. The second kappa shape index (κ2) is 7.41. The number of rotatable bonds is 7. The normalized spacial score (nSPS) is 11.0. The van der Waals surface area contributed by atoms with Gasteiger partial charge in [-0.2, -0.15) is 0 Å². The maximum absolute atomic E-state index is 4.27. The predicted octanol–water partition coefficient (Wildman–Crippen LogP) is 3.67. The minimum absolute atomic E-state index is 0.458. The molecule has 2 rings (SSSR count). The topological polar surface area (TPSA) is 28.2 Å². The lowest BCUT2D eigenvalue weighted by atomic mass is 10.1. The summed E-state index contributed by atoms with van der Waals surface area (Å²) in [6.07, 6.45) is 3.86. The Kier molecular flexibility index (Phi) is 5.56. The standard InChI is InChI=1S/C16H23N3S/c1-4-17-10-14-11-18-8-7-16(14)19(13(2)3)12-15-6-5-9-20-15/h5-9,11,13,17H,4,10,12H2,1-3H3. The Morgan fingerprint density at radius 1 is 1.35 bits per heavy atom. The van der Waals surface area contributed by atoms with Gasteiger partial charge in [0, 0.05) is 41.1 Å². The summed E-state index contributed by atoms with van der Waals surface area (Å²) in [4.78, 5) is 8.11. The first kappa shape index (κ1) is 15.0. The van der Waals surface area contributed by atoms with Crippen molar-refractivity contribution >= 4 is 17.0 Å². The molecule has 0 aromatic carbocycles. The van der Waals surface area contributed by atoms with Gasteiger partial charge in [0.1, 0.15) is 0 Å². The van der Waals surface area contributed by atoms with Crippen LogP contribution in [0.3, 0.4) is 0 Å². The third kappa shape index (κ3) is 3.81. The van der Waals surface area contributed by atoms with E-state index in [0.717, 1.165) is 19.6 Å². The van der Waals surface area contributed by atoms with Crippen LogP contribution in [-0.4, -0.2) is 17.6 Å². The van der Waals surface area contributed by atoms with Crippen LogP contribution in [-0.2, 0) is 13.1 Å². The Hall–Kier alpha value is -1.39. The van der Waals surface area contributed by atoms with Gasteiger partial charge in [-0.25, -0.2) is 0 Å². The van der Waals surface area contributed by atoms with Gasteiger partial charge in [0.25, 0.3) is 0 Å². The number of hydrogen-bond donors (Lipinski definition) is 1. The number of hydrogen-bond acceptors (Lipinski definition) is 4. The van der Waals surface area contributed by atoms with Gasteiger partial charge in [-0.05, 0) is 37.9 Å². The monoisotopic (exact) mass is 289 g/mol. The molecule has 3 nitrogen and oxygen atoms in total. The summed E-state index contributed by atoms with van der Waals surface area (Å²) < 4.78 is 0. The molecule has 0 spiro atoms. The Bertz CT molecular complexity index is 508. The van der Waals surface area contributed by atoms with Crippen molar-refractivity contribution in [3.05, 3.63) is 46.4 Å². The van der Waals surface area contributed by atoms with E-state index in [-0.39, 0.29) is 0 Å². The van der Waals surface area contributed by atoms with Crippen LogP contribution in [0.25, 0.3) is 0 Å². The van der Waals surface area contributed by atoms with Crippen molar-refractivity contribution in [1.29, 1.82) is 0 Å². The van der Waals surface area contributed by atoms with Crippen molar-refractivity contribution < 1.29 is 0 Å². The highest BCUT2D eigenvalue weighted by molar-refractivity contribution is 7.09. The highest BCUT2D eigenvalue weighted by atomic mass is 32.1. The van der Waals surface area contributed by atoms with Gasteiger partial charge in [-0.1, -0.05) is 13.0 Å². The van der Waals surface area contributed by atoms with Crippen molar-refractivity contribution in [3.63, 3.8) is 0 Å². The lowest BCUT2D eigenvalue weighted by Crippen LogP contribution is -2.31. The maximum atomic E-state index is 4.27. The fraction of sp³-hybridized carbons (Fsp3) is 0.438. The van der Waals surface area contributed by atoms with Gasteiger partial charge in [-0.3, -0.25) is 4.98 Å². The van der Waals surface area contributed by atoms with Gasteiger partial charge in [-0.15, -0.1) is 11.3 Å². The van der Waals surface area contributed by atoms with Crippen molar-refractivity contribution in [2.45, 2.75) is 39.9 Å². The SMILES string of the molecule is CCNCc1cnccc1N(Cc1cccs1)C(C)C. The zero-order chi connectivity index (χ0) is 14.4. The van der Waals surface area contributed by atoms with E-state index < -0.39 is 0 Å². The van der Waals surface area contributed by atoms with Crippen molar-refractivity contribution in [3.8, 4) is 0 Å². The number of anilines is 1. The average Bonchev–Trinajstić information content (AvgIpc) is 2.96. The molecule has 0 atom stereocenters. The predicted molar refractivity (Wildman–Crippen MR) is 87.3 cm³/mol. The van der Waals surface area contributed by atoms with Crippen LogP contribution < -0.4 is 10.2 Å². The van der Waals surface area contributed by atoms with E-state index in [1.54, 1.807) is 0 Å². The van der Waals surface area contributed by atoms with Gasteiger partial charge >= 0.3 is 0 Å². The summed E-state index contributed by atoms with van der Waals surface area (Å²) in [5.41, 5.74) is 2.55. The van der Waals surface area contributed by atoms with Crippen LogP contribution >= 0.6 is 11.3 Å². The summed E-state index contributed by atoms with van der Waals surface area (Å²) in [5, 5.41) is 5.53. The molecular weight excluding hydrogens is 266 g/mol.